The van der Waals surface area contributed by atoms with Gasteiger partial charge >= 0.3 is 0 Å². The van der Waals surface area contributed by atoms with Crippen molar-refractivity contribution in [2.24, 2.45) is 0 Å². The van der Waals surface area contributed by atoms with Gasteiger partial charge in [0.05, 0.1) is 16.9 Å². The Bertz CT molecular complexity index is 747. The van der Waals surface area contributed by atoms with Crippen LogP contribution in [-0.2, 0) is 0 Å². The van der Waals surface area contributed by atoms with Crippen LogP contribution in [0.1, 0.15) is 37.3 Å². The van der Waals surface area contributed by atoms with Gasteiger partial charge in [0.1, 0.15) is 6.10 Å². The zero-order valence-corrected chi connectivity index (χ0v) is 12.8. The number of aliphatic hydroxyl groups is 1. The number of hydrogen-bond acceptors (Lipinski definition) is 3. The molecule has 3 nitrogen and oxygen atoms in total. The van der Waals surface area contributed by atoms with Gasteiger partial charge in [0, 0.05) is 16.3 Å². The number of fused-ring (bicyclic) bond motifs is 1. The molecule has 3 rings (SSSR count). The third-order valence-corrected chi connectivity index (χ3v) is 4.61. The van der Waals surface area contributed by atoms with E-state index >= 15 is 0 Å². The van der Waals surface area contributed by atoms with Gasteiger partial charge in [0.2, 0.25) is 0 Å². The molecule has 2 heterocycles. The third kappa shape index (κ3) is 2.14. The Morgan fingerprint density at radius 3 is 2.80 bits per heavy atom. The Morgan fingerprint density at radius 1 is 1.30 bits per heavy atom. The van der Waals surface area contributed by atoms with Crippen molar-refractivity contribution in [3.05, 3.63) is 52.1 Å². The normalized spacial score (nSPS) is 13.2. The quantitative estimate of drug-likeness (QED) is 0.778. The van der Waals surface area contributed by atoms with Crippen molar-refractivity contribution in [3.8, 4) is 0 Å². The van der Waals surface area contributed by atoms with E-state index in [-0.39, 0.29) is 6.04 Å². The summed E-state index contributed by atoms with van der Waals surface area (Å²) in [7, 11) is 0. The first-order valence-electron chi connectivity index (χ1n) is 6.46. The molecule has 104 valence electrons. The minimum atomic E-state index is -0.761. The molecule has 0 radical (unpaired) electrons. The Kier molecular flexibility index (Phi) is 3.54. The van der Waals surface area contributed by atoms with Crippen LogP contribution in [0, 0.1) is 0 Å². The van der Waals surface area contributed by atoms with Crippen LogP contribution in [0.2, 0.25) is 5.02 Å². The summed E-state index contributed by atoms with van der Waals surface area (Å²) in [5, 5.41) is 18.6. The molecule has 0 fully saturated rings. The fourth-order valence-electron chi connectivity index (χ4n) is 2.38. The molecule has 0 aliphatic rings. The largest absolute Gasteiger partial charge is 0.382 e. The predicted octanol–water partition coefficient (Wildman–Crippen LogP) is 4.41. The topological polar surface area (TPSA) is 38.0 Å². The number of halogens is 1. The molecule has 2 aromatic heterocycles. The second-order valence-corrected chi connectivity index (χ2v) is 6.32. The van der Waals surface area contributed by atoms with Crippen molar-refractivity contribution >= 4 is 33.0 Å². The van der Waals surface area contributed by atoms with Gasteiger partial charge in [-0.1, -0.05) is 29.8 Å². The summed E-state index contributed by atoms with van der Waals surface area (Å²) in [6.45, 7) is 4.04. The molecular weight excluding hydrogens is 292 g/mol. The van der Waals surface area contributed by atoms with Crippen LogP contribution in [0.3, 0.4) is 0 Å². The van der Waals surface area contributed by atoms with E-state index in [0.717, 1.165) is 15.6 Å². The van der Waals surface area contributed by atoms with E-state index in [9.17, 15) is 5.11 Å². The lowest BCUT2D eigenvalue weighted by molar-refractivity contribution is 0.207. The van der Waals surface area contributed by atoms with Crippen LogP contribution in [0.15, 0.2) is 35.8 Å². The molecule has 5 heteroatoms. The van der Waals surface area contributed by atoms with E-state index < -0.39 is 6.10 Å². The monoisotopic (exact) mass is 306 g/mol. The average molecular weight is 307 g/mol. The molecule has 1 atom stereocenters. The molecule has 20 heavy (non-hydrogen) atoms. The van der Waals surface area contributed by atoms with Gasteiger partial charge in [-0.3, -0.25) is 4.68 Å². The molecule has 1 N–H and O–H groups in total. The molecule has 0 amide bonds. The first-order chi connectivity index (χ1) is 9.59. The number of nitrogens with zero attached hydrogens (tertiary/aromatic N) is 2. The van der Waals surface area contributed by atoms with Gasteiger partial charge in [0.15, 0.2) is 0 Å². The Hall–Kier alpha value is -1.36. The van der Waals surface area contributed by atoms with Gasteiger partial charge in [-0.25, -0.2) is 0 Å². The van der Waals surface area contributed by atoms with Gasteiger partial charge in [-0.15, -0.1) is 11.3 Å². The summed E-state index contributed by atoms with van der Waals surface area (Å²) in [5.74, 6) is 0. The Labute approximate surface area is 126 Å². The van der Waals surface area contributed by atoms with Crippen LogP contribution in [-0.4, -0.2) is 14.9 Å². The van der Waals surface area contributed by atoms with Gasteiger partial charge < -0.3 is 5.11 Å². The van der Waals surface area contributed by atoms with Crippen LogP contribution >= 0.6 is 22.9 Å². The van der Waals surface area contributed by atoms with E-state index in [2.05, 4.69) is 11.2 Å². The second kappa shape index (κ2) is 5.20. The molecule has 0 spiro atoms. The summed E-state index contributed by atoms with van der Waals surface area (Å²) >= 11 is 7.84. The Morgan fingerprint density at radius 2 is 2.05 bits per heavy atom. The van der Waals surface area contributed by atoms with Crippen LogP contribution in [0.25, 0.3) is 10.1 Å². The molecule has 1 aromatic carbocycles. The number of benzene rings is 1. The van der Waals surface area contributed by atoms with E-state index in [4.69, 9.17) is 11.6 Å². The van der Waals surface area contributed by atoms with Crippen LogP contribution < -0.4 is 0 Å². The fourth-order valence-corrected chi connectivity index (χ4v) is 3.59. The summed E-state index contributed by atoms with van der Waals surface area (Å²) < 4.78 is 2.94. The lowest BCUT2D eigenvalue weighted by Crippen LogP contribution is -2.12. The van der Waals surface area contributed by atoms with Gasteiger partial charge in [0.25, 0.3) is 0 Å². The molecule has 0 saturated carbocycles. The zero-order valence-electron chi connectivity index (χ0n) is 11.2. The Balaban J connectivity index is 2.13. The highest BCUT2D eigenvalue weighted by molar-refractivity contribution is 7.17. The molecule has 0 bridgehead atoms. The van der Waals surface area contributed by atoms with Crippen molar-refractivity contribution in [1.82, 2.24) is 9.78 Å². The maximum Gasteiger partial charge on any atom is 0.124 e. The summed E-state index contributed by atoms with van der Waals surface area (Å²) in [6.07, 6.45) is 0.831. The lowest BCUT2D eigenvalue weighted by Gasteiger charge is -2.16. The number of aromatic nitrogens is 2. The molecule has 0 aliphatic carbocycles. The summed E-state index contributed by atoms with van der Waals surface area (Å²) in [5.41, 5.74) is 1.54. The standard InChI is InChI=1S/C15H15ClN2OS/c1-9(2)18-14(12(16)7-17-18)15(19)11-8-20-13-6-4-3-5-10(11)13/h3-9,15,19H,1-2H3. The van der Waals surface area contributed by atoms with E-state index in [1.807, 2.05) is 37.4 Å². The third-order valence-electron chi connectivity index (χ3n) is 3.34. The lowest BCUT2D eigenvalue weighted by atomic mass is 10.1. The van der Waals surface area contributed by atoms with E-state index in [1.165, 1.54) is 0 Å². The fraction of sp³-hybridized carbons (Fsp3) is 0.267. The van der Waals surface area contributed by atoms with Crippen molar-refractivity contribution in [1.29, 1.82) is 0 Å². The molecule has 0 aliphatic heterocycles. The number of aliphatic hydroxyl groups excluding tert-OH is 1. The highest BCUT2D eigenvalue weighted by Gasteiger charge is 2.23. The highest BCUT2D eigenvalue weighted by Crippen LogP contribution is 2.36. The maximum absolute atomic E-state index is 10.7. The summed E-state index contributed by atoms with van der Waals surface area (Å²) in [6, 6.07) is 8.20. The van der Waals surface area contributed by atoms with E-state index in [1.54, 1.807) is 22.2 Å². The van der Waals surface area contributed by atoms with Crippen molar-refractivity contribution in [2.45, 2.75) is 26.0 Å². The molecule has 3 aromatic rings. The highest BCUT2D eigenvalue weighted by atomic mass is 35.5. The molecular formula is C15H15ClN2OS. The van der Waals surface area contributed by atoms with Crippen molar-refractivity contribution in [2.75, 3.05) is 0 Å². The molecule has 0 saturated heterocycles. The number of rotatable bonds is 3. The first kappa shape index (κ1) is 13.6. The number of thiophene rings is 1. The minimum Gasteiger partial charge on any atom is -0.382 e. The maximum atomic E-state index is 10.7. The van der Waals surface area contributed by atoms with Gasteiger partial charge in [-0.05, 0) is 30.7 Å². The smallest absolute Gasteiger partial charge is 0.124 e. The van der Waals surface area contributed by atoms with Crippen molar-refractivity contribution in [3.63, 3.8) is 0 Å². The zero-order chi connectivity index (χ0) is 14.3. The molecule has 1 unspecified atom stereocenters. The average Bonchev–Trinajstić information content (AvgIpc) is 3.01. The number of hydrogen-bond donors (Lipinski definition) is 1. The predicted molar refractivity (Wildman–Crippen MR) is 83.5 cm³/mol. The first-order valence-corrected chi connectivity index (χ1v) is 7.72. The van der Waals surface area contributed by atoms with Gasteiger partial charge in [-0.2, -0.15) is 5.10 Å². The minimum absolute atomic E-state index is 0.150. The van der Waals surface area contributed by atoms with Crippen LogP contribution in [0.4, 0.5) is 0 Å². The van der Waals surface area contributed by atoms with E-state index in [0.29, 0.717) is 10.7 Å². The second-order valence-electron chi connectivity index (χ2n) is 5.01. The summed E-state index contributed by atoms with van der Waals surface area (Å²) in [4.78, 5) is 0. The van der Waals surface area contributed by atoms with Crippen molar-refractivity contribution < 1.29 is 5.11 Å². The van der Waals surface area contributed by atoms with Crippen LogP contribution in [0.5, 0.6) is 0 Å². The SMILES string of the molecule is CC(C)n1ncc(Cl)c1C(O)c1csc2ccccc12.